The Labute approximate surface area is 90.8 Å². The minimum atomic E-state index is -2.73. The molecule has 2 rings (SSSR count). The summed E-state index contributed by atoms with van der Waals surface area (Å²) in [6.07, 6.45) is -0.950. The summed E-state index contributed by atoms with van der Waals surface area (Å²) in [7, 11) is 2.64. The lowest BCUT2D eigenvalue weighted by atomic mass is 10.1. The second-order valence-electron chi connectivity index (χ2n) is 3.50. The third kappa shape index (κ3) is 1.09. The number of amides is 5. The Bertz CT molecular complexity index is 438. The van der Waals surface area contributed by atoms with Gasteiger partial charge in [-0.15, -0.1) is 0 Å². The molecule has 2 atom stereocenters. The molecule has 5 amide bonds. The average molecular weight is 215 g/mol. The Kier molecular flexibility index (Phi) is 1.26. The van der Waals surface area contributed by atoms with Crippen LogP contribution in [0, 0.1) is 0 Å². The molecular weight excluding hydrogens is 200 g/mol. The molecule has 15 heavy (non-hydrogen) atoms. The van der Waals surface area contributed by atoms with E-state index in [2.05, 4.69) is 5.32 Å². The van der Waals surface area contributed by atoms with E-state index in [0.717, 1.165) is 9.80 Å². The molecule has 2 aliphatic heterocycles. The van der Waals surface area contributed by atoms with E-state index in [1.165, 1.54) is 14.1 Å². The lowest BCUT2D eigenvalue weighted by Crippen LogP contribution is -2.64. The molecule has 1 N–H and O–H groups in total. The summed E-state index contributed by atoms with van der Waals surface area (Å²) < 4.78 is 21.8. The van der Waals surface area contributed by atoms with E-state index < -0.39 is 37.2 Å². The van der Waals surface area contributed by atoms with Crippen molar-refractivity contribution in [3.63, 3.8) is 0 Å². The minimum absolute atomic E-state index is 0.499. The zero-order chi connectivity index (χ0) is 13.8. The second-order valence-corrected chi connectivity index (χ2v) is 3.50. The number of carbonyl (C=O) groups excluding carboxylic acids is 3. The SMILES string of the molecule is [2H]C([2H])([2H])N1C(=O)NC2C1C(=O)N(C)C(=O)N2C. The third-order valence-electron chi connectivity index (χ3n) is 2.66. The van der Waals surface area contributed by atoms with E-state index in [-0.39, 0.29) is 0 Å². The van der Waals surface area contributed by atoms with Gasteiger partial charge in [0.2, 0.25) is 0 Å². The molecular formula is C8H12N4O3. The summed E-state index contributed by atoms with van der Waals surface area (Å²) in [4.78, 5) is 37.7. The van der Waals surface area contributed by atoms with E-state index >= 15 is 0 Å². The van der Waals surface area contributed by atoms with Gasteiger partial charge in [0.05, 0.1) is 0 Å². The molecule has 2 unspecified atom stereocenters. The van der Waals surface area contributed by atoms with Gasteiger partial charge in [-0.1, -0.05) is 0 Å². The van der Waals surface area contributed by atoms with Crippen molar-refractivity contribution in [2.24, 2.45) is 0 Å². The molecule has 0 aromatic rings. The van der Waals surface area contributed by atoms with Crippen LogP contribution in [0.1, 0.15) is 4.11 Å². The van der Waals surface area contributed by atoms with Gasteiger partial charge < -0.3 is 15.1 Å². The number of nitrogens with zero attached hydrogens (tertiary/aromatic N) is 3. The van der Waals surface area contributed by atoms with Crippen LogP contribution in [0.2, 0.25) is 0 Å². The van der Waals surface area contributed by atoms with E-state index in [1.807, 2.05) is 0 Å². The van der Waals surface area contributed by atoms with Gasteiger partial charge in [-0.3, -0.25) is 9.69 Å². The number of nitrogens with one attached hydrogen (secondary N) is 1. The molecule has 2 fully saturated rings. The first-order chi connectivity index (χ1) is 8.16. The van der Waals surface area contributed by atoms with Crippen LogP contribution in [0.15, 0.2) is 0 Å². The highest BCUT2D eigenvalue weighted by atomic mass is 16.2. The van der Waals surface area contributed by atoms with Crippen LogP contribution in [0.25, 0.3) is 0 Å². The first kappa shape index (κ1) is 6.65. The first-order valence-electron chi connectivity index (χ1n) is 5.80. The fourth-order valence-electron chi connectivity index (χ4n) is 1.74. The van der Waals surface area contributed by atoms with Gasteiger partial charge in [0, 0.05) is 25.2 Å². The minimum Gasteiger partial charge on any atom is -0.315 e. The summed E-state index contributed by atoms with van der Waals surface area (Å²) >= 11 is 0. The number of rotatable bonds is 0. The molecule has 0 bridgehead atoms. The number of hydrogen-bond donors (Lipinski definition) is 1. The summed E-state index contributed by atoms with van der Waals surface area (Å²) in [5.74, 6) is -0.711. The predicted octanol–water partition coefficient (Wildman–Crippen LogP) is -1.14. The first-order valence-corrected chi connectivity index (χ1v) is 4.30. The second kappa shape index (κ2) is 2.85. The molecule has 0 spiro atoms. The fourth-order valence-corrected chi connectivity index (χ4v) is 1.74. The molecule has 2 aliphatic rings. The van der Waals surface area contributed by atoms with Crippen molar-refractivity contribution < 1.29 is 18.5 Å². The maximum absolute atomic E-state index is 12.0. The van der Waals surface area contributed by atoms with Crippen LogP contribution in [0.3, 0.4) is 0 Å². The molecule has 82 valence electrons. The Balaban J connectivity index is 2.44. The molecule has 2 heterocycles. The normalized spacial score (nSPS) is 34.7. The number of urea groups is 2. The average Bonchev–Trinajstić information content (AvgIpc) is 2.61. The molecule has 0 radical (unpaired) electrons. The van der Waals surface area contributed by atoms with Gasteiger partial charge in [-0.25, -0.2) is 9.59 Å². The van der Waals surface area contributed by atoms with E-state index in [4.69, 9.17) is 4.11 Å². The van der Waals surface area contributed by atoms with Crippen molar-refractivity contribution in [1.82, 2.24) is 20.0 Å². The molecule has 0 aliphatic carbocycles. The Hall–Kier alpha value is -1.79. The van der Waals surface area contributed by atoms with E-state index in [9.17, 15) is 14.4 Å². The topological polar surface area (TPSA) is 73.0 Å². The zero-order valence-electron chi connectivity index (χ0n) is 11.2. The maximum Gasteiger partial charge on any atom is 0.327 e. The van der Waals surface area contributed by atoms with Crippen molar-refractivity contribution >= 4 is 18.0 Å². The van der Waals surface area contributed by atoms with Gasteiger partial charge >= 0.3 is 12.1 Å². The van der Waals surface area contributed by atoms with Crippen LogP contribution in [-0.2, 0) is 4.79 Å². The molecule has 7 heteroatoms. The highest BCUT2D eigenvalue weighted by molar-refractivity contribution is 6.03. The Morgan fingerprint density at radius 2 is 1.93 bits per heavy atom. The molecule has 0 saturated carbocycles. The molecule has 0 aromatic heterocycles. The van der Waals surface area contributed by atoms with E-state index in [1.54, 1.807) is 0 Å². The summed E-state index contributed by atoms with van der Waals surface area (Å²) in [6, 6.07) is -2.69. The standard InChI is InChI=1S/C8H12N4O3/c1-10-4-5(9-7(10)14)11(2)8(15)12(3)6(4)13/h4-5H,1-3H3,(H,9,14)/i1D3. The van der Waals surface area contributed by atoms with Crippen LogP contribution in [0.5, 0.6) is 0 Å². The number of carbonyl (C=O) groups is 3. The lowest BCUT2D eigenvalue weighted by Gasteiger charge is -2.38. The van der Waals surface area contributed by atoms with Gasteiger partial charge in [-0.05, 0) is 0 Å². The highest BCUT2D eigenvalue weighted by Crippen LogP contribution is 2.21. The van der Waals surface area contributed by atoms with Crippen molar-refractivity contribution in [3.8, 4) is 0 Å². The summed E-state index contributed by atoms with van der Waals surface area (Å²) in [5, 5.41) is 2.33. The number of hydrogen-bond acceptors (Lipinski definition) is 3. The zero-order valence-corrected chi connectivity index (χ0v) is 8.22. The summed E-state index contributed by atoms with van der Waals surface area (Å²) in [6.45, 7) is -2.73. The number of imide groups is 1. The molecule has 2 saturated heterocycles. The predicted molar refractivity (Wildman–Crippen MR) is 49.8 cm³/mol. The van der Waals surface area contributed by atoms with E-state index in [0.29, 0.717) is 4.90 Å². The molecule has 7 nitrogen and oxygen atoms in total. The smallest absolute Gasteiger partial charge is 0.315 e. The van der Waals surface area contributed by atoms with Crippen molar-refractivity contribution in [2.75, 3.05) is 21.1 Å². The largest absolute Gasteiger partial charge is 0.327 e. The Morgan fingerprint density at radius 1 is 1.27 bits per heavy atom. The van der Waals surface area contributed by atoms with Crippen LogP contribution >= 0.6 is 0 Å². The quantitative estimate of drug-likeness (QED) is 0.555. The number of likely N-dealkylation sites (N-methyl/N-ethyl adjacent to an activating group) is 3. The lowest BCUT2D eigenvalue weighted by molar-refractivity contribution is -0.135. The Morgan fingerprint density at radius 3 is 2.53 bits per heavy atom. The van der Waals surface area contributed by atoms with Gasteiger partial charge in [0.1, 0.15) is 6.17 Å². The summed E-state index contributed by atoms with van der Waals surface area (Å²) in [5.41, 5.74) is 0. The van der Waals surface area contributed by atoms with Gasteiger partial charge in [-0.2, -0.15) is 0 Å². The number of fused-ring (bicyclic) bond motifs is 1. The van der Waals surface area contributed by atoms with Gasteiger partial charge in [0.15, 0.2) is 6.04 Å². The molecule has 0 aromatic carbocycles. The van der Waals surface area contributed by atoms with Crippen molar-refractivity contribution in [1.29, 1.82) is 0 Å². The third-order valence-corrected chi connectivity index (χ3v) is 2.66. The van der Waals surface area contributed by atoms with Crippen LogP contribution in [-0.4, -0.2) is 65.9 Å². The van der Waals surface area contributed by atoms with Gasteiger partial charge in [0.25, 0.3) is 5.91 Å². The van der Waals surface area contributed by atoms with Crippen molar-refractivity contribution in [2.45, 2.75) is 12.2 Å². The maximum atomic E-state index is 12.0. The monoisotopic (exact) mass is 215 g/mol. The van der Waals surface area contributed by atoms with Crippen LogP contribution < -0.4 is 5.32 Å². The fraction of sp³-hybridized carbons (Fsp3) is 0.625. The van der Waals surface area contributed by atoms with Crippen LogP contribution in [0.4, 0.5) is 9.59 Å². The highest BCUT2D eigenvalue weighted by Gasteiger charge is 2.51. The van der Waals surface area contributed by atoms with Crippen molar-refractivity contribution in [3.05, 3.63) is 0 Å².